The number of benzene rings is 1. The van der Waals surface area contributed by atoms with Gasteiger partial charge in [0.1, 0.15) is 0 Å². The third-order valence-corrected chi connectivity index (χ3v) is 5.72. The van der Waals surface area contributed by atoms with Gasteiger partial charge in [-0.05, 0) is 31.7 Å². The first-order valence-electron chi connectivity index (χ1n) is 11.3. The van der Waals surface area contributed by atoms with Gasteiger partial charge >= 0.3 is 0 Å². The number of morpholine rings is 1. The molecule has 3 rings (SSSR count). The average molecular weight is 419 g/mol. The Morgan fingerprint density at radius 3 is 2.70 bits per heavy atom. The van der Waals surface area contributed by atoms with Crippen LogP contribution in [-0.2, 0) is 14.2 Å². The number of nitrogens with zero attached hydrogens (tertiary/aromatic N) is 2. The van der Waals surface area contributed by atoms with E-state index in [1.165, 1.54) is 11.1 Å². The third kappa shape index (κ3) is 7.54. The average Bonchev–Trinajstić information content (AvgIpc) is 3.30. The minimum atomic E-state index is 0.294. The maximum atomic E-state index is 5.73. The van der Waals surface area contributed by atoms with Crippen LogP contribution >= 0.6 is 0 Å². The molecule has 2 atom stereocenters. The van der Waals surface area contributed by atoms with Crippen LogP contribution in [0.4, 0.5) is 0 Å². The standard InChI is InChI=1S/C23H38N4O3/c1-19-6-8-20(9-7-19)22(27-11-15-28-16-12-27)17-26-23(24-2)25-10-4-13-29-18-21-5-3-14-30-21/h6-9,21-22H,3-5,10-18H2,1-2H3,(H2,24,25,26). The van der Waals surface area contributed by atoms with Crippen molar-refractivity contribution in [3.05, 3.63) is 35.4 Å². The molecule has 0 aromatic heterocycles. The maximum absolute atomic E-state index is 5.73. The van der Waals surface area contributed by atoms with Crippen LogP contribution in [0.3, 0.4) is 0 Å². The summed E-state index contributed by atoms with van der Waals surface area (Å²) >= 11 is 0. The summed E-state index contributed by atoms with van der Waals surface area (Å²) in [6.45, 7) is 9.59. The van der Waals surface area contributed by atoms with Gasteiger partial charge < -0.3 is 24.8 Å². The van der Waals surface area contributed by atoms with Gasteiger partial charge in [-0.3, -0.25) is 9.89 Å². The molecule has 0 amide bonds. The zero-order valence-corrected chi connectivity index (χ0v) is 18.6. The summed E-state index contributed by atoms with van der Waals surface area (Å²) in [7, 11) is 1.82. The summed E-state index contributed by atoms with van der Waals surface area (Å²) < 4.78 is 16.9. The van der Waals surface area contributed by atoms with Crippen molar-refractivity contribution in [3.63, 3.8) is 0 Å². The van der Waals surface area contributed by atoms with E-state index in [0.717, 1.165) is 77.8 Å². The third-order valence-electron chi connectivity index (χ3n) is 5.72. The highest BCUT2D eigenvalue weighted by atomic mass is 16.5. The van der Waals surface area contributed by atoms with Crippen molar-refractivity contribution in [3.8, 4) is 0 Å². The molecule has 2 heterocycles. The second-order valence-electron chi connectivity index (χ2n) is 8.02. The van der Waals surface area contributed by atoms with Crippen LogP contribution in [0.1, 0.15) is 36.4 Å². The number of nitrogens with one attached hydrogen (secondary N) is 2. The molecule has 168 valence electrons. The van der Waals surface area contributed by atoms with Crippen molar-refractivity contribution >= 4 is 5.96 Å². The number of aliphatic imine (C=N–C) groups is 1. The van der Waals surface area contributed by atoms with Crippen LogP contribution in [0.5, 0.6) is 0 Å². The quantitative estimate of drug-likeness (QED) is 0.345. The summed E-state index contributed by atoms with van der Waals surface area (Å²) in [5.74, 6) is 0.833. The SMILES string of the molecule is CN=C(NCCCOCC1CCCO1)NCC(c1ccc(C)cc1)N1CCOCC1. The first kappa shape index (κ1) is 23.0. The highest BCUT2D eigenvalue weighted by molar-refractivity contribution is 5.79. The molecule has 7 nitrogen and oxygen atoms in total. The first-order valence-corrected chi connectivity index (χ1v) is 11.3. The molecule has 1 aromatic rings. The molecule has 0 spiro atoms. The summed E-state index contributed by atoms with van der Waals surface area (Å²) in [6.07, 6.45) is 3.52. The Bertz CT molecular complexity index is 626. The van der Waals surface area contributed by atoms with Gasteiger partial charge in [-0.1, -0.05) is 29.8 Å². The largest absolute Gasteiger partial charge is 0.379 e. The number of rotatable bonds is 10. The maximum Gasteiger partial charge on any atom is 0.191 e. The number of guanidine groups is 1. The molecule has 1 aromatic carbocycles. The van der Waals surface area contributed by atoms with Crippen molar-refractivity contribution < 1.29 is 14.2 Å². The molecule has 2 N–H and O–H groups in total. The molecular formula is C23H38N4O3. The van der Waals surface area contributed by atoms with Crippen LogP contribution in [0.25, 0.3) is 0 Å². The van der Waals surface area contributed by atoms with Crippen LogP contribution in [-0.4, -0.2) is 83.2 Å². The predicted octanol–water partition coefficient (Wildman–Crippen LogP) is 2.12. The molecule has 2 saturated heterocycles. The van der Waals surface area contributed by atoms with E-state index in [9.17, 15) is 0 Å². The molecule has 2 aliphatic heterocycles. The van der Waals surface area contributed by atoms with Gasteiger partial charge in [-0.2, -0.15) is 0 Å². The van der Waals surface area contributed by atoms with Crippen molar-refractivity contribution in [1.82, 2.24) is 15.5 Å². The van der Waals surface area contributed by atoms with Crippen LogP contribution in [0.15, 0.2) is 29.3 Å². The normalized spacial score (nSPS) is 21.5. The Kier molecular flexibility index (Phi) is 9.89. The highest BCUT2D eigenvalue weighted by Crippen LogP contribution is 2.21. The molecule has 0 radical (unpaired) electrons. The second-order valence-corrected chi connectivity index (χ2v) is 8.02. The fourth-order valence-corrected chi connectivity index (χ4v) is 3.92. The van der Waals surface area contributed by atoms with Crippen molar-refractivity contribution in [2.24, 2.45) is 4.99 Å². The van der Waals surface area contributed by atoms with Gasteiger partial charge in [0.05, 0.1) is 32.0 Å². The lowest BCUT2D eigenvalue weighted by Crippen LogP contribution is -2.46. The van der Waals surface area contributed by atoms with E-state index in [0.29, 0.717) is 18.8 Å². The van der Waals surface area contributed by atoms with Gasteiger partial charge in [0, 0.05) is 46.4 Å². The Labute approximate surface area is 181 Å². The molecular weight excluding hydrogens is 380 g/mol. The molecule has 7 heteroatoms. The topological polar surface area (TPSA) is 67.4 Å². The molecule has 2 unspecified atom stereocenters. The Morgan fingerprint density at radius 1 is 1.20 bits per heavy atom. The minimum Gasteiger partial charge on any atom is -0.379 e. The molecule has 30 heavy (non-hydrogen) atoms. The zero-order valence-electron chi connectivity index (χ0n) is 18.6. The Hall–Kier alpha value is -1.67. The van der Waals surface area contributed by atoms with Crippen molar-refractivity contribution in [2.75, 3.05) is 66.3 Å². The smallest absolute Gasteiger partial charge is 0.191 e. The summed E-state index contributed by atoms with van der Waals surface area (Å²) in [5.41, 5.74) is 2.61. The number of hydrogen-bond donors (Lipinski definition) is 2. The van der Waals surface area contributed by atoms with Gasteiger partial charge in [0.25, 0.3) is 0 Å². The van der Waals surface area contributed by atoms with Gasteiger partial charge in [0.2, 0.25) is 0 Å². The molecule has 0 aliphatic carbocycles. The van der Waals surface area contributed by atoms with Crippen LogP contribution in [0.2, 0.25) is 0 Å². The summed E-state index contributed by atoms with van der Waals surface area (Å²) in [6, 6.07) is 9.14. The number of hydrogen-bond acceptors (Lipinski definition) is 5. The molecule has 0 saturated carbocycles. The van der Waals surface area contributed by atoms with E-state index in [1.807, 2.05) is 7.05 Å². The molecule has 2 aliphatic rings. The first-order chi connectivity index (χ1) is 14.8. The predicted molar refractivity (Wildman–Crippen MR) is 120 cm³/mol. The van der Waals surface area contributed by atoms with E-state index in [2.05, 4.69) is 51.7 Å². The minimum absolute atomic E-state index is 0.294. The van der Waals surface area contributed by atoms with E-state index in [-0.39, 0.29) is 0 Å². The van der Waals surface area contributed by atoms with E-state index < -0.39 is 0 Å². The Balaban J connectivity index is 1.41. The lowest BCUT2D eigenvalue weighted by atomic mass is 10.0. The lowest BCUT2D eigenvalue weighted by Gasteiger charge is -2.35. The number of aryl methyl sites for hydroxylation is 1. The van der Waals surface area contributed by atoms with Gasteiger partial charge in [-0.15, -0.1) is 0 Å². The van der Waals surface area contributed by atoms with E-state index >= 15 is 0 Å². The summed E-state index contributed by atoms with van der Waals surface area (Å²) in [5, 5.41) is 6.91. The Morgan fingerprint density at radius 2 is 2.00 bits per heavy atom. The fraction of sp³-hybridized carbons (Fsp3) is 0.696. The van der Waals surface area contributed by atoms with E-state index in [4.69, 9.17) is 14.2 Å². The van der Waals surface area contributed by atoms with Crippen LogP contribution < -0.4 is 10.6 Å². The van der Waals surface area contributed by atoms with Crippen molar-refractivity contribution in [2.45, 2.75) is 38.3 Å². The van der Waals surface area contributed by atoms with Gasteiger partial charge in [-0.25, -0.2) is 0 Å². The van der Waals surface area contributed by atoms with Crippen LogP contribution in [0, 0.1) is 6.92 Å². The monoisotopic (exact) mass is 418 g/mol. The van der Waals surface area contributed by atoms with Gasteiger partial charge in [0.15, 0.2) is 5.96 Å². The second kappa shape index (κ2) is 12.9. The summed E-state index contributed by atoms with van der Waals surface area (Å²) in [4.78, 5) is 6.88. The lowest BCUT2D eigenvalue weighted by molar-refractivity contribution is 0.0165. The molecule has 2 fully saturated rings. The fourth-order valence-electron chi connectivity index (χ4n) is 3.92. The molecule has 0 bridgehead atoms. The van der Waals surface area contributed by atoms with Crippen molar-refractivity contribution in [1.29, 1.82) is 0 Å². The highest BCUT2D eigenvalue weighted by Gasteiger charge is 2.23. The zero-order chi connectivity index (χ0) is 21.0. The number of ether oxygens (including phenoxy) is 3. The van der Waals surface area contributed by atoms with E-state index in [1.54, 1.807) is 0 Å².